The van der Waals surface area contributed by atoms with Crippen molar-refractivity contribution in [2.75, 3.05) is 12.3 Å². The van der Waals surface area contributed by atoms with E-state index in [0.29, 0.717) is 5.37 Å². The Labute approximate surface area is 128 Å². The maximum atomic E-state index is 13.0. The summed E-state index contributed by atoms with van der Waals surface area (Å²) < 4.78 is 1.72. The first-order valence-electron chi connectivity index (χ1n) is 7.33. The van der Waals surface area contributed by atoms with Crippen LogP contribution in [0, 0.1) is 6.92 Å². The third-order valence-corrected chi connectivity index (χ3v) is 5.14. The van der Waals surface area contributed by atoms with Crippen molar-refractivity contribution in [2.45, 2.75) is 32.1 Å². The van der Waals surface area contributed by atoms with Gasteiger partial charge in [0.2, 0.25) is 0 Å². The highest BCUT2D eigenvalue weighted by Crippen LogP contribution is 2.30. The summed E-state index contributed by atoms with van der Waals surface area (Å²) in [6.07, 6.45) is 3.89. The minimum absolute atomic E-state index is 0.113. The Bertz CT molecular complexity index is 682. The number of carbonyl (C=O) groups is 1. The largest absolute Gasteiger partial charge is 0.326 e. The first kappa shape index (κ1) is 14.4. The second-order valence-electron chi connectivity index (χ2n) is 5.43. The van der Waals surface area contributed by atoms with Crippen molar-refractivity contribution in [3.63, 3.8) is 0 Å². The molecule has 6 heteroatoms. The quantitative estimate of drug-likeness (QED) is 0.874. The van der Waals surface area contributed by atoms with Gasteiger partial charge in [-0.25, -0.2) is 4.98 Å². The van der Waals surface area contributed by atoms with Gasteiger partial charge in [0.15, 0.2) is 5.65 Å². The van der Waals surface area contributed by atoms with Crippen LogP contribution in [0.2, 0.25) is 0 Å². The Morgan fingerprint density at radius 1 is 1.52 bits per heavy atom. The Kier molecular flexibility index (Phi) is 3.89. The maximum Gasteiger partial charge on any atom is 0.255 e. The van der Waals surface area contributed by atoms with Gasteiger partial charge >= 0.3 is 0 Å². The summed E-state index contributed by atoms with van der Waals surface area (Å²) in [5.74, 6) is 1.14. The molecule has 2 aromatic heterocycles. The molecule has 0 bridgehead atoms. The van der Waals surface area contributed by atoms with Crippen molar-refractivity contribution in [1.29, 1.82) is 0 Å². The van der Waals surface area contributed by atoms with E-state index in [4.69, 9.17) is 0 Å². The summed E-state index contributed by atoms with van der Waals surface area (Å²) in [4.78, 5) is 19.4. The van der Waals surface area contributed by atoms with Crippen LogP contribution in [-0.4, -0.2) is 43.2 Å². The Balaban J connectivity index is 2.01. The van der Waals surface area contributed by atoms with E-state index in [1.165, 1.54) is 0 Å². The number of aromatic nitrogens is 3. The number of pyridine rings is 1. The lowest BCUT2D eigenvalue weighted by Gasteiger charge is -2.23. The average molecular weight is 304 g/mol. The molecule has 0 saturated carbocycles. The normalized spacial score (nSPS) is 18.6. The lowest BCUT2D eigenvalue weighted by molar-refractivity contribution is 0.0758. The highest BCUT2D eigenvalue weighted by molar-refractivity contribution is 8.00. The van der Waals surface area contributed by atoms with Gasteiger partial charge < -0.3 is 4.90 Å². The van der Waals surface area contributed by atoms with Crippen molar-refractivity contribution in [3.8, 4) is 0 Å². The van der Waals surface area contributed by atoms with E-state index in [1.54, 1.807) is 10.9 Å². The Morgan fingerprint density at radius 2 is 2.33 bits per heavy atom. The molecule has 3 rings (SSSR count). The molecule has 3 heterocycles. The van der Waals surface area contributed by atoms with Gasteiger partial charge in [0.25, 0.3) is 5.91 Å². The fraction of sp³-hybridized carbons (Fsp3) is 0.533. The van der Waals surface area contributed by atoms with Crippen molar-refractivity contribution in [1.82, 2.24) is 19.7 Å². The number of amides is 1. The number of fused-ring (bicyclic) bond motifs is 1. The van der Waals surface area contributed by atoms with Gasteiger partial charge in [-0.05, 0) is 19.4 Å². The molecule has 0 aliphatic carbocycles. The molecule has 112 valence electrons. The van der Waals surface area contributed by atoms with Crippen molar-refractivity contribution >= 4 is 28.7 Å². The first-order valence-corrected chi connectivity index (χ1v) is 8.38. The molecular weight excluding hydrogens is 284 g/mol. The Morgan fingerprint density at radius 3 is 3.10 bits per heavy atom. The highest BCUT2D eigenvalue weighted by Gasteiger charge is 2.30. The van der Waals surface area contributed by atoms with E-state index in [1.807, 2.05) is 36.7 Å². The molecule has 2 aromatic rings. The van der Waals surface area contributed by atoms with E-state index in [2.05, 4.69) is 17.0 Å². The van der Waals surface area contributed by atoms with Crippen LogP contribution < -0.4 is 0 Å². The zero-order valence-corrected chi connectivity index (χ0v) is 13.5. The second-order valence-corrected chi connectivity index (χ2v) is 6.72. The summed E-state index contributed by atoms with van der Waals surface area (Å²) >= 11 is 1.88. The summed E-state index contributed by atoms with van der Waals surface area (Å²) in [7, 11) is 1.86. The molecule has 0 unspecified atom stereocenters. The van der Waals surface area contributed by atoms with Gasteiger partial charge in [0.05, 0.1) is 22.5 Å². The smallest absolute Gasteiger partial charge is 0.255 e. The van der Waals surface area contributed by atoms with Crippen LogP contribution in [0.4, 0.5) is 0 Å². The molecule has 0 aromatic carbocycles. The number of carbonyl (C=O) groups excluding carboxylic acids is 1. The van der Waals surface area contributed by atoms with E-state index in [0.717, 1.165) is 47.4 Å². The van der Waals surface area contributed by atoms with Crippen LogP contribution in [0.1, 0.15) is 35.8 Å². The molecule has 1 amide bonds. The molecule has 1 aliphatic rings. The summed E-state index contributed by atoms with van der Waals surface area (Å²) in [5.41, 5.74) is 2.36. The van der Waals surface area contributed by atoms with Crippen molar-refractivity contribution in [2.24, 2.45) is 7.05 Å². The van der Waals surface area contributed by atoms with Gasteiger partial charge in [0, 0.05) is 25.0 Å². The second kappa shape index (κ2) is 5.67. The highest BCUT2D eigenvalue weighted by atomic mass is 32.2. The average Bonchev–Trinajstić information content (AvgIpc) is 3.06. The molecule has 1 fully saturated rings. The first-order chi connectivity index (χ1) is 10.1. The SMILES string of the molecule is CCC[C@H]1SCCN1C(=O)c1cc(C)nc2c1cnn2C. The van der Waals surface area contributed by atoms with Gasteiger partial charge in [-0.2, -0.15) is 5.10 Å². The van der Waals surface area contributed by atoms with Crippen LogP contribution in [-0.2, 0) is 7.05 Å². The molecule has 1 aliphatic heterocycles. The molecule has 0 N–H and O–H groups in total. The van der Waals surface area contributed by atoms with Crippen LogP contribution in [0.3, 0.4) is 0 Å². The third-order valence-electron chi connectivity index (χ3n) is 3.85. The number of rotatable bonds is 3. The molecule has 1 saturated heterocycles. The summed E-state index contributed by atoms with van der Waals surface area (Å²) in [6.45, 7) is 4.92. The monoisotopic (exact) mass is 304 g/mol. The number of aryl methyl sites for hydroxylation is 2. The predicted molar refractivity (Wildman–Crippen MR) is 85.4 cm³/mol. The summed E-state index contributed by atoms with van der Waals surface area (Å²) in [6, 6.07) is 1.89. The van der Waals surface area contributed by atoms with Gasteiger partial charge in [-0.1, -0.05) is 13.3 Å². The topological polar surface area (TPSA) is 51.0 Å². The van der Waals surface area contributed by atoms with Crippen LogP contribution in [0.5, 0.6) is 0 Å². The van der Waals surface area contributed by atoms with E-state index in [9.17, 15) is 4.79 Å². The zero-order valence-electron chi connectivity index (χ0n) is 12.7. The van der Waals surface area contributed by atoms with E-state index >= 15 is 0 Å². The van der Waals surface area contributed by atoms with Crippen LogP contribution in [0.25, 0.3) is 11.0 Å². The number of thioether (sulfide) groups is 1. The molecule has 0 radical (unpaired) electrons. The lowest BCUT2D eigenvalue weighted by Crippen LogP contribution is -2.35. The van der Waals surface area contributed by atoms with Crippen LogP contribution >= 0.6 is 11.8 Å². The van der Waals surface area contributed by atoms with Gasteiger partial charge in [-0.3, -0.25) is 9.48 Å². The Hall–Kier alpha value is -1.56. The fourth-order valence-electron chi connectivity index (χ4n) is 2.81. The van der Waals surface area contributed by atoms with Gasteiger partial charge in [-0.15, -0.1) is 11.8 Å². The lowest BCUT2D eigenvalue weighted by atomic mass is 10.1. The maximum absolute atomic E-state index is 13.0. The van der Waals surface area contributed by atoms with Crippen molar-refractivity contribution in [3.05, 3.63) is 23.5 Å². The predicted octanol–water partition coefficient (Wildman–Crippen LogP) is 2.59. The number of hydrogen-bond donors (Lipinski definition) is 0. The van der Waals surface area contributed by atoms with Gasteiger partial charge in [0.1, 0.15) is 0 Å². The summed E-state index contributed by atoms with van der Waals surface area (Å²) in [5, 5.41) is 5.40. The minimum atomic E-state index is 0.113. The van der Waals surface area contributed by atoms with Crippen molar-refractivity contribution < 1.29 is 4.79 Å². The van der Waals surface area contributed by atoms with E-state index < -0.39 is 0 Å². The van der Waals surface area contributed by atoms with E-state index in [-0.39, 0.29) is 5.91 Å². The number of nitrogens with zero attached hydrogens (tertiary/aromatic N) is 4. The minimum Gasteiger partial charge on any atom is -0.326 e. The molecule has 5 nitrogen and oxygen atoms in total. The molecule has 1 atom stereocenters. The molecule has 0 spiro atoms. The standard InChI is InChI=1S/C15H20N4OS/c1-4-5-13-19(6-7-21-13)15(20)11-8-10(2)17-14-12(11)9-16-18(14)3/h8-9,13H,4-7H2,1-3H3/t13-/m1/s1. The fourth-order valence-corrected chi connectivity index (χ4v) is 4.17. The molecular formula is C15H20N4OS. The molecule has 21 heavy (non-hydrogen) atoms. The van der Waals surface area contributed by atoms with Crippen LogP contribution in [0.15, 0.2) is 12.3 Å². The zero-order chi connectivity index (χ0) is 15.0. The third kappa shape index (κ3) is 2.52. The number of hydrogen-bond acceptors (Lipinski definition) is 4.